The van der Waals surface area contributed by atoms with E-state index in [0.29, 0.717) is 18.0 Å². The lowest BCUT2D eigenvalue weighted by Crippen LogP contribution is -2.39. The Morgan fingerprint density at radius 2 is 2.25 bits per heavy atom. The standard InChI is InChI=1S/C14H17N3O3/c1-9-3-2-4-11(13(9)17(19)20)14(18)16-6-5-10-7-15-8-12(10)16/h2-4,10,12,15H,5-8H2,1H3/t10-,12+/m0/s1. The lowest BCUT2D eigenvalue weighted by molar-refractivity contribution is -0.385. The van der Waals surface area contributed by atoms with Crippen molar-refractivity contribution in [3.05, 3.63) is 39.4 Å². The molecule has 6 nitrogen and oxygen atoms in total. The van der Waals surface area contributed by atoms with E-state index in [1.807, 2.05) is 0 Å². The number of fused-ring (bicyclic) bond motifs is 1. The molecule has 2 heterocycles. The third kappa shape index (κ3) is 1.96. The average molecular weight is 275 g/mol. The first-order valence-corrected chi connectivity index (χ1v) is 6.85. The van der Waals surface area contributed by atoms with E-state index in [-0.39, 0.29) is 23.2 Å². The minimum absolute atomic E-state index is 0.0630. The van der Waals surface area contributed by atoms with Crippen molar-refractivity contribution >= 4 is 11.6 Å². The van der Waals surface area contributed by atoms with Gasteiger partial charge < -0.3 is 10.2 Å². The summed E-state index contributed by atoms with van der Waals surface area (Å²) < 4.78 is 0. The summed E-state index contributed by atoms with van der Waals surface area (Å²) in [6.45, 7) is 4.08. The molecular weight excluding hydrogens is 258 g/mol. The predicted octanol–water partition coefficient (Wildman–Crippen LogP) is 1.34. The van der Waals surface area contributed by atoms with Gasteiger partial charge in [0.05, 0.1) is 4.92 Å². The van der Waals surface area contributed by atoms with Crippen LogP contribution in [0.2, 0.25) is 0 Å². The maximum absolute atomic E-state index is 12.7. The second-order valence-corrected chi connectivity index (χ2v) is 5.50. The fraction of sp³-hybridized carbons (Fsp3) is 0.500. The average Bonchev–Trinajstić information content (AvgIpc) is 2.99. The lowest BCUT2D eigenvalue weighted by Gasteiger charge is -2.23. The van der Waals surface area contributed by atoms with E-state index >= 15 is 0 Å². The molecule has 0 aromatic heterocycles. The van der Waals surface area contributed by atoms with Crippen LogP contribution in [0, 0.1) is 23.0 Å². The molecule has 2 fully saturated rings. The topological polar surface area (TPSA) is 75.5 Å². The van der Waals surface area contributed by atoms with Crippen molar-refractivity contribution in [2.75, 3.05) is 19.6 Å². The van der Waals surface area contributed by atoms with E-state index in [0.717, 1.165) is 19.5 Å². The quantitative estimate of drug-likeness (QED) is 0.652. The fourth-order valence-electron chi connectivity index (χ4n) is 3.33. The van der Waals surface area contributed by atoms with Gasteiger partial charge in [-0.3, -0.25) is 14.9 Å². The molecule has 0 unspecified atom stereocenters. The van der Waals surface area contributed by atoms with Crippen molar-refractivity contribution in [2.24, 2.45) is 5.92 Å². The summed E-state index contributed by atoms with van der Waals surface area (Å²) in [6.07, 6.45) is 0.975. The molecule has 0 radical (unpaired) electrons. The number of carbonyl (C=O) groups is 1. The van der Waals surface area contributed by atoms with Gasteiger partial charge in [0.2, 0.25) is 0 Å². The van der Waals surface area contributed by atoms with E-state index in [1.54, 1.807) is 30.0 Å². The number of benzene rings is 1. The molecule has 0 bridgehead atoms. The Kier molecular flexibility index (Phi) is 3.17. The van der Waals surface area contributed by atoms with Crippen LogP contribution in [0.3, 0.4) is 0 Å². The van der Waals surface area contributed by atoms with Crippen molar-refractivity contribution in [2.45, 2.75) is 19.4 Å². The number of amides is 1. The second-order valence-electron chi connectivity index (χ2n) is 5.50. The summed E-state index contributed by atoms with van der Waals surface area (Å²) in [4.78, 5) is 25.2. The van der Waals surface area contributed by atoms with E-state index in [2.05, 4.69) is 5.32 Å². The number of likely N-dealkylation sites (tertiary alicyclic amines) is 1. The molecule has 6 heteroatoms. The molecule has 2 atom stereocenters. The van der Waals surface area contributed by atoms with Crippen molar-refractivity contribution in [3.8, 4) is 0 Å². The first kappa shape index (κ1) is 13.1. The van der Waals surface area contributed by atoms with E-state index < -0.39 is 4.92 Å². The van der Waals surface area contributed by atoms with Gasteiger partial charge in [-0.2, -0.15) is 0 Å². The zero-order valence-corrected chi connectivity index (χ0v) is 11.3. The van der Waals surface area contributed by atoms with Gasteiger partial charge in [-0.1, -0.05) is 12.1 Å². The van der Waals surface area contributed by atoms with Crippen LogP contribution in [0.4, 0.5) is 5.69 Å². The van der Waals surface area contributed by atoms with Gasteiger partial charge in [-0.25, -0.2) is 0 Å². The Hall–Kier alpha value is -1.95. The summed E-state index contributed by atoms with van der Waals surface area (Å²) in [5, 5.41) is 14.5. The van der Waals surface area contributed by atoms with E-state index in [4.69, 9.17) is 0 Å². The lowest BCUT2D eigenvalue weighted by atomic mass is 10.0. The van der Waals surface area contributed by atoms with Crippen molar-refractivity contribution in [1.29, 1.82) is 0 Å². The maximum atomic E-state index is 12.7. The molecule has 0 aliphatic carbocycles. The highest BCUT2D eigenvalue weighted by molar-refractivity contribution is 5.99. The number of nitro groups is 1. The Bertz CT molecular complexity index is 573. The van der Waals surface area contributed by atoms with Gasteiger partial charge in [0, 0.05) is 31.2 Å². The minimum atomic E-state index is -0.455. The van der Waals surface area contributed by atoms with Crippen LogP contribution >= 0.6 is 0 Å². The van der Waals surface area contributed by atoms with Gasteiger partial charge in [-0.15, -0.1) is 0 Å². The number of nitro benzene ring substituents is 1. The number of hydrogen-bond donors (Lipinski definition) is 1. The monoisotopic (exact) mass is 275 g/mol. The van der Waals surface area contributed by atoms with Crippen LogP contribution in [0.1, 0.15) is 22.3 Å². The molecule has 2 aliphatic heterocycles. The van der Waals surface area contributed by atoms with Crippen molar-refractivity contribution < 1.29 is 9.72 Å². The van der Waals surface area contributed by atoms with E-state index in [1.165, 1.54) is 0 Å². The Labute approximate surface area is 116 Å². The SMILES string of the molecule is Cc1cccc(C(=O)N2CC[C@H]3CNC[C@H]32)c1[N+](=O)[O-]. The molecule has 2 aliphatic rings. The number of hydrogen-bond acceptors (Lipinski definition) is 4. The molecule has 106 valence electrons. The third-order valence-electron chi connectivity index (χ3n) is 4.36. The number of carbonyl (C=O) groups excluding carboxylic acids is 1. The summed E-state index contributed by atoms with van der Waals surface area (Å²) in [5.74, 6) is 0.277. The number of nitrogens with one attached hydrogen (secondary N) is 1. The molecular formula is C14H17N3O3. The fourth-order valence-corrected chi connectivity index (χ4v) is 3.33. The Morgan fingerprint density at radius 3 is 3.00 bits per heavy atom. The summed E-state index contributed by atoms with van der Waals surface area (Å²) in [5.41, 5.74) is 0.676. The number of aryl methyl sites for hydroxylation is 1. The maximum Gasteiger partial charge on any atom is 0.285 e. The largest absolute Gasteiger partial charge is 0.334 e. The summed E-state index contributed by atoms with van der Waals surface area (Å²) in [7, 11) is 0. The molecule has 1 aromatic carbocycles. The van der Waals surface area contributed by atoms with Crippen LogP contribution in [0.5, 0.6) is 0 Å². The normalized spacial score (nSPS) is 24.8. The first-order valence-electron chi connectivity index (χ1n) is 6.85. The van der Waals surface area contributed by atoms with Gasteiger partial charge in [0.15, 0.2) is 0 Å². The smallest absolute Gasteiger partial charge is 0.285 e. The number of para-hydroxylation sites is 1. The van der Waals surface area contributed by atoms with Crippen molar-refractivity contribution in [1.82, 2.24) is 10.2 Å². The van der Waals surface area contributed by atoms with Gasteiger partial charge in [-0.05, 0) is 25.3 Å². The van der Waals surface area contributed by atoms with Crippen molar-refractivity contribution in [3.63, 3.8) is 0 Å². The summed E-state index contributed by atoms with van der Waals surface area (Å²) in [6, 6.07) is 5.11. The van der Waals surface area contributed by atoms with Crippen LogP contribution in [0.25, 0.3) is 0 Å². The minimum Gasteiger partial charge on any atom is -0.334 e. The molecule has 1 amide bonds. The molecule has 2 saturated heterocycles. The highest BCUT2D eigenvalue weighted by Gasteiger charge is 2.41. The second kappa shape index (κ2) is 4.86. The zero-order chi connectivity index (χ0) is 14.3. The molecule has 0 spiro atoms. The summed E-state index contributed by atoms with van der Waals surface area (Å²) >= 11 is 0. The number of nitrogens with zero attached hydrogens (tertiary/aromatic N) is 2. The van der Waals surface area contributed by atoms with Crippen LogP contribution in [0.15, 0.2) is 18.2 Å². The highest BCUT2D eigenvalue weighted by atomic mass is 16.6. The predicted molar refractivity (Wildman–Crippen MR) is 73.6 cm³/mol. The molecule has 0 saturated carbocycles. The number of rotatable bonds is 2. The molecule has 3 rings (SSSR count). The van der Waals surface area contributed by atoms with Gasteiger partial charge in [0.25, 0.3) is 11.6 Å². The van der Waals surface area contributed by atoms with E-state index in [9.17, 15) is 14.9 Å². The third-order valence-corrected chi connectivity index (χ3v) is 4.36. The molecule has 1 aromatic rings. The Morgan fingerprint density at radius 1 is 1.45 bits per heavy atom. The van der Waals surface area contributed by atoms with Crippen LogP contribution in [-0.4, -0.2) is 41.4 Å². The Balaban J connectivity index is 1.95. The van der Waals surface area contributed by atoms with Crippen LogP contribution < -0.4 is 5.32 Å². The first-order chi connectivity index (χ1) is 9.59. The highest BCUT2D eigenvalue weighted by Crippen LogP contribution is 2.31. The van der Waals surface area contributed by atoms with Gasteiger partial charge in [0.1, 0.15) is 5.56 Å². The molecule has 1 N–H and O–H groups in total. The van der Waals surface area contributed by atoms with Crippen LogP contribution in [-0.2, 0) is 0 Å². The zero-order valence-electron chi connectivity index (χ0n) is 11.3. The van der Waals surface area contributed by atoms with Gasteiger partial charge >= 0.3 is 0 Å². The molecule has 20 heavy (non-hydrogen) atoms.